The van der Waals surface area contributed by atoms with Crippen molar-refractivity contribution in [1.82, 2.24) is 9.71 Å². The zero-order chi connectivity index (χ0) is 16.3. The predicted octanol–water partition coefficient (Wildman–Crippen LogP) is 2.44. The molecule has 0 aliphatic carbocycles. The number of pyridine rings is 1. The van der Waals surface area contributed by atoms with Gasteiger partial charge in [-0.15, -0.1) is 0 Å². The van der Waals surface area contributed by atoms with Crippen LogP contribution in [-0.2, 0) is 15.8 Å². The Bertz CT molecular complexity index is 787. The minimum Gasteiger partial charge on any atom is -0.268 e. The van der Waals surface area contributed by atoms with Crippen molar-refractivity contribution >= 4 is 27.5 Å². The summed E-state index contributed by atoms with van der Waals surface area (Å²) in [5, 5.41) is 0.236. The molecule has 2 aromatic rings. The molecule has 0 radical (unpaired) electrons. The van der Waals surface area contributed by atoms with E-state index in [0.29, 0.717) is 11.1 Å². The first kappa shape index (κ1) is 16.4. The van der Waals surface area contributed by atoms with E-state index < -0.39 is 27.5 Å². The largest absolute Gasteiger partial charge is 0.268 e. The van der Waals surface area contributed by atoms with Crippen LogP contribution in [0.5, 0.6) is 0 Å². The van der Waals surface area contributed by atoms with Crippen LogP contribution in [0.25, 0.3) is 0 Å². The van der Waals surface area contributed by atoms with Gasteiger partial charge in [-0.2, -0.15) is 0 Å². The molecule has 0 saturated heterocycles. The molecule has 0 atom stereocenters. The molecule has 8 heteroatoms. The number of carbonyl (C=O) groups is 1. The lowest BCUT2D eigenvalue weighted by molar-refractivity contribution is 0.0981. The maximum absolute atomic E-state index is 13.3. The van der Waals surface area contributed by atoms with Crippen molar-refractivity contribution < 1.29 is 17.6 Å². The van der Waals surface area contributed by atoms with Gasteiger partial charge in [-0.05, 0) is 42.3 Å². The molecule has 0 fully saturated rings. The Kier molecular flexibility index (Phi) is 4.77. The summed E-state index contributed by atoms with van der Waals surface area (Å²) >= 11 is 5.61. The number of hydrogen-bond donors (Lipinski definition) is 1. The molecule has 0 aliphatic rings. The third-order valence-electron chi connectivity index (χ3n) is 2.70. The highest BCUT2D eigenvalue weighted by Crippen LogP contribution is 2.11. The maximum Gasteiger partial charge on any atom is 0.264 e. The quantitative estimate of drug-likeness (QED) is 0.866. The third kappa shape index (κ3) is 4.51. The van der Waals surface area contributed by atoms with Crippen molar-refractivity contribution in [3.8, 4) is 0 Å². The SMILES string of the molecule is Cc1cc(F)cc(C(=O)NS(=O)(=O)Cc2ccc(Cl)nc2)c1. The molecule has 5 nitrogen and oxygen atoms in total. The lowest BCUT2D eigenvalue weighted by atomic mass is 10.1. The fourth-order valence-corrected chi connectivity index (χ4v) is 3.01. The molecular weight excluding hydrogens is 331 g/mol. The second-order valence-electron chi connectivity index (χ2n) is 4.70. The number of benzene rings is 1. The molecule has 0 aliphatic heterocycles. The summed E-state index contributed by atoms with van der Waals surface area (Å²) < 4.78 is 39.1. The van der Waals surface area contributed by atoms with Gasteiger partial charge in [-0.25, -0.2) is 22.5 Å². The number of aryl methyl sites for hydroxylation is 1. The normalized spacial score (nSPS) is 11.2. The van der Waals surface area contributed by atoms with E-state index in [1.54, 1.807) is 6.92 Å². The molecule has 22 heavy (non-hydrogen) atoms. The summed E-state index contributed by atoms with van der Waals surface area (Å²) in [5.74, 6) is -1.93. The first-order chi connectivity index (χ1) is 10.2. The number of carbonyl (C=O) groups excluding carboxylic acids is 1. The number of aromatic nitrogens is 1. The van der Waals surface area contributed by atoms with Crippen molar-refractivity contribution in [2.45, 2.75) is 12.7 Å². The van der Waals surface area contributed by atoms with Crippen molar-refractivity contribution in [2.75, 3.05) is 0 Å². The van der Waals surface area contributed by atoms with Crippen LogP contribution in [0.1, 0.15) is 21.5 Å². The Morgan fingerprint density at radius 3 is 2.64 bits per heavy atom. The van der Waals surface area contributed by atoms with Gasteiger partial charge in [0, 0.05) is 11.8 Å². The first-order valence-corrected chi connectivity index (χ1v) is 8.21. The lowest BCUT2D eigenvalue weighted by Crippen LogP contribution is -2.31. The standard InChI is InChI=1S/C14H12ClFN2O3S/c1-9-4-11(6-12(16)5-9)14(19)18-22(20,21)8-10-2-3-13(15)17-7-10/h2-7H,8H2,1H3,(H,18,19). The fraction of sp³-hybridized carbons (Fsp3) is 0.143. The van der Waals surface area contributed by atoms with Gasteiger partial charge in [0.1, 0.15) is 11.0 Å². The van der Waals surface area contributed by atoms with E-state index in [4.69, 9.17) is 11.6 Å². The number of rotatable bonds is 4. The van der Waals surface area contributed by atoms with Crippen LogP contribution in [0, 0.1) is 12.7 Å². The van der Waals surface area contributed by atoms with Crippen LogP contribution < -0.4 is 4.72 Å². The molecule has 0 unspecified atom stereocenters. The van der Waals surface area contributed by atoms with Gasteiger partial charge in [-0.1, -0.05) is 17.7 Å². The lowest BCUT2D eigenvalue weighted by Gasteiger charge is -2.08. The summed E-state index contributed by atoms with van der Waals surface area (Å²) in [4.78, 5) is 15.7. The Morgan fingerprint density at radius 2 is 2.05 bits per heavy atom. The van der Waals surface area contributed by atoms with Crippen molar-refractivity contribution in [3.63, 3.8) is 0 Å². The second-order valence-corrected chi connectivity index (χ2v) is 6.81. The summed E-state index contributed by atoms with van der Waals surface area (Å²) in [6.45, 7) is 1.60. The smallest absolute Gasteiger partial charge is 0.264 e. The molecule has 2 rings (SSSR count). The summed E-state index contributed by atoms with van der Waals surface area (Å²) in [6.07, 6.45) is 1.30. The third-order valence-corrected chi connectivity index (χ3v) is 4.13. The summed E-state index contributed by atoms with van der Waals surface area (Å²) in [5.41, 5.74) is 0.833. The van der Waals surface area contributed by atoms with E-state index in [1.807, 2.05) is 4.72 Å². The highest BCUT2D eigenvalue weighted by molar-refractivity contribution is 7.89. The number of hydrogen-bond acceptors (Lipinski definition) is 4. The van der Waals surface area contributed by atoms with Gasteiger partial charge in [0.15, 0.2) is 0 Å². The highest BCUT2D eigenvalue weighted by Gasteiger charge is 2.17. The molecule has 0 bridgehead atoms. The Hall–Kier alpha value is -1.99. The molecule has 1 aromatic heterocycles. The fourth-order valence-electron chi connectivity index (χ4n) is 1.81. The average molecular weight is 343 g/mol. The molecular formula is C14H12ClFN2O3S. The molecule has 1 aromatic carbocycles. The van der Waals surface area contributed by atoms with Crippen LogP contribution in [0.2, 0.25) is 5.15 Å². The number of sulfonamides is 1. The Labute approximate surface area is 132 Å². The van der Waals surface area contributed by atoms with Gasteiger partial charge in [0.2, 0.25) is 10.0 Å². The number of halogens is 2. The van der Waals surface area contributed by atoms with Gasteiger partial charge in [0.25, 0.3) is 5.91 Å². The molecule has 0 spiro atoms. The Morgan fingerprint density at radius 1 is 1.32 bits per heavy atom. The van der Waals surface area contributed by atoms with E-state index >= 15 is 0 Å². The monoisotopic (exact) mass is 342 g/mol. The van der Waals surface area contributed by atoms with Crippen molar-refractivity contribution in [2.24, 2.45) is 0 Å². The maximum atomic E-state index is 13.3. The van der Waals surface area contributed by atoms with Crippen molar-refractivity contribution in [3.05, 3.63) is 64.2 Å². The molecule has 1 heterocycles. The van der Waals surface area contributed by atoms with Crippen LogP contribution in [-0.4, -0.2) is 19.3 Å². The highest BCUT2D eigenvalue weighted by atomic mass is 35.5. The molecule has 0 saturated carbocycles. The van der Waals surface area contributed by atoms with E-state index in [0.717, 1.165) is 6.07 Å². The van der Waals surface area contributed by atoms with Gasteiger partial charge in [-0.3, -0.25) is 4.79 Å². The van der Waals surface area contributed by atoms with Crippen LogP contribution in [0.15, 0.2) is 36.5 Å². The molecule has 116 valence electrons. The zero-order valence-corrected chi connectivity index (χ0v) is 13.1. The Balaban J connectivity index is 2.14. The number of nitrogens with zero attached hydrogens (tertiary/aromatic N) is 1. The van der Waals surface area contributed by atoms with Gasteiger partial charge >= 0.3 is 0 Å². The van der Waals surface area contributed by atoms with E-state index in [2.05, 4.69) is 4.98 Å². The number of nitrogens with one attached hydrogen (secondary N) is 1. The first-order valence-electron chi connectivity index (χ1n) is 6.17. The van der Waals surface area contributed by atoms with E-state index in [9.17, 15) is 17.6 Å². The molecule has 1 amide bonds. The topological polar surface area (TPSA) is 76.1 Å². The van der Waals surface area contributed by atoms with Crippen LogP contribution in [0.4, 0.5) is 4.39 Å². The second kappa shape index (κ2) is 6.41. The number of amides is 1. The minimum atomic E-state index is -3.93. The van der Waals surface area contributed by atoms with Crippen LogP contribution >= 0.6 is 11.6 Å². The van der Waals surface area contributed by atoms with Gasteiger partial charge < -0.3 is 0 Å². The van der Waals surface area contributed by atoms with Crippen molar-refractivity contribution in [1.29, 1.82) is 0 Å². The predicted molar refractivity (Wildman–Crippen MR) is 80.5 cm³/mol. The zero-order valence-electron chi connectivity index (χ0n) is 11.5. The average Bonchev–Trinajstić information content (AvgIpc) is 2.39. The van der Waals surface area contributed by atoms with Gasteiger partial charge in [0.05, 0.1) is 5.75 Å². The van der Waals surface area contributed by atoms with E-state index in [1.165, 1.54) is 30.5 Å². The minimum absolute atomic E-state index is 0.0599. The van der Waals surface area contributed by atoms with E-state index in [-0.39, 0.29) is 10.7 Å². The summed E-state index contributed by atoms with van der Waals surface area (Å²) in [6, 6.07) is 6.56. The summed E-state index contributed by atoms with van der Waals surface area (Å²) in [7, 11) is -3.93. The van der Waals surface area contributed by atoms with Crippen LogP contribution in [0.3, 0.4) is 0 Å². The molecule has 1 N–H and O–H groups in total.